The number of rotatable bonds is 8. The number of carbonyl (C=O) groups is 3. The summed E-state index contributed by atoms with van der Waals surface area (Å²) in [5.74, 6) is -0.826. The fraction of sp³-hybridized carbons (Fsp3) is 0.538. The second kappa shape index (κ2) is 9.99. The highest BCUT2D eigenvalue weighted by Gasteiger charge is 2.48. The third-order valence-corrected chi connectivity index (χ3v) is 6.98. The minimum absolute atomic E-state index is 0.119. The number of nitrogens with one attached hydrogen (secondary N) is 2. The second-order valence-electron chi connectivity index (χ2n) is 9.75. The van der Waals surface area contributed by atoms with Crippen LogP contribution in [-0.2, 0) is 17.8 Å². The van der Waals surface area contributed by atoms with E-state index in [1.807, 2.05) is 39.0 Å². The van der Waals surface area contributed by atoms with Gasteiger partial charge in [0.2, 0.25) is 5.91 Å². The Labute approximate surface area is 201 Å². The van der Waals surface area contributed by atoms with Gasteiger partial charge in [0, 0.05) is 19.1 Å². The standard InChI is InChI=1S/C26H35N5O3/c1-4-14-31-24(33)22-21(23(32)27-13-12-19-9-7-8-18(2)15-19)28-17-30(22)16-26(31,3)25(34)29-20-10-5-6-11-20/h7-9,15,17,20H,4-6,10-14,16H2,1-3H3,(H,27,32)(H,29,34)/t26-/m0/s1. The van der Waals surface area contributed by atoms with Crippen LogP contribution in [0.25, 0.3) is 0 Å². The van der Waals surface area contributed by atoms with E-state index in [1.165, 1.54) is 11.9 Å². The number of hydrogen-bond acceptors (Lipinski definition) is 4. The Morgan fingerprint density at radius 1 is 1.24 bits per heavy atom. The minimum Gasteiger partial charge on any atom is -0.351 e. The van der Waals surface area contributed by atoms with Gasteiger partial charge in [-0.2, -0.15) is 0 Å². The van der Waals surface area contributed by atoms with Crippen molar-refractivity contribution < 1.29 is 14.4 Å². The first kappa shape index (κ1) is 24.0. The van der Waals surface area contributed by atoms with Crippen LogP contribution >= 0.6 is 0 Å². The van der Waals surface area contributed by atoms with Crippen molar-refractivity contribution in [2.45, 2.75) is 77.4 Å². The van der Waals surface area contributed by atoms with Crippen molar-refractivity contribution in [3.8, 4) is 0 Å². The summed E-state index contributed by atoms with van der Waals surface area (Å²) in [6, 6.07) is 8.32. The summed E-state index contributed by atoms with van der Waals surface area (Å²) in [5, 5.41) is 6.06. The van der Waals surface area contributed by atoms with Gasteiger partial charge in [-0.1, -0.05) is 49.6 Å². The number of aromatic nitrogens is 2. The minimum atomic E-state index is -1.03. The molecule has 8 nitrogen and oxygen atoms in total. The van der Waals surface area contributed by atoms with Gasteiger partial charge in [-0.3, -0.25) is 14.4 Å². The van der Waals surface area contributed by atoms with Crippen molar-refractivity contribution in [3.63, 3.8) is 0 Å². The van der Waals surface area contributed by atoms with Gasteiger partial charge in [-0.05, 0) is 45.1 Å². The van der Waals surface area contributed by atoms with Gasteiger partial charge in [0.05, 0.1) is 12.9 Å². The largest absolute Gasteiger partial charge is 0.351 e. The molecule has 1 fully saturated rings. The zero-order valence-electron chi connectivity index (χ0n) is 20.4. The molecule has 2 aromatic rings. The summed E-state index contributed by atoms with van der Waals surface area (Å²) in [4.78, 5) is 45.8. The number of aryl methyl sites for hydroxylation is 1. The molecular weight excluding hydrogens is 430 g/mol. The number of nitrogens with zero attached hydrogens (tertiary/aromatic N) is 3. The molecule has 182 valence electrons. The van der Waals surface area contributed by atoms with Crippen molar-refractivity contribution in [1.29, 1.82) is 0 Å². The van der Waals surface area contributed by atoms with Gasteiger partial charge in [0.15, 0.2) is 5.69 Å². The topological polar surface area (TPSA) is 96.3 Å². The first-order valence-corrected chi connectivity index (χ1v) is 12.3. The first-order valence-electron chi connectivity index (χ1n) is 12.3. The SMILES string of the molecule is CCCN1C(=O)c2c(C(=O)NCCc3cccc(C)c3)ncn2C[C@@]1(C)C(=O)NC1CCCC1. The third-order valence-electron chi connectivity index (χ3n) is 6.98. The Kier molecular flexibility index (Phi) is 7.05. The summed E-state index contributed by atoms with van der Waals surface area (Å²) in [7, 11) is 0. The zero-order valence-corrected chi connectivity index (χ0v) is 20.4. The number of amides is 3. The molecule has 0 spiro atoms. The van der Waals surface area contributed by atoms with Crippen LogP contribution in [0, 0.1) is 6.92 Å². The van der Waals surface area contributed by atoms with Crippen LogP contribution in [0.1, 0.15) is 78.1 Å². The zero-order chi connectivity index (χ0) is 24.3. The molecule has 1 aromatic carbocycles. The maximum atomic E-state index is 13.6. The summed E-state index contributed by atoms with van der Waals surface area (Å²) >= 11 is 0. The lowest BCUT2D eigenvalue weighted by Crippen LogP contribution is -2.65. The number of hydrogen-bond donors (Lipinski definition) is 2. The molecule has 1 aliphatic heterocycles. The number of benzene rings is 1. The van der Waals surface area contributed by atoms with Crippen LogP contribution in [0.2, 0.25) is 0 Å². The first-order chi connectivity index (χ1) is 16.3. The molecule has 1 aromatic heterocycles. The average molecular weight is 466 g/mol. The molecule has 34 heavy (non-hydrogen) atoms. The summed E-state index contributed by atoms with van der Waals surface area (Å²) in [5.41, 5.74) is 1.67. The molecule has 2 heterocycles. The molecule has 0 radical (unpaired) electrons. The Morgan fingerprint density at radius 2 is 2.00 bits per heavy atom. The molecule has 0 saturated heterocycles. The van der Waals surface area contributed by atoms with Gasteiger partial charge < -0.3 is 20.1 Å². The van der Waals surface area contributed by atoms with Crippen LogP contribution in [0.15, 0.2) is 30.6 Å². The molecule has 1 atom stereocenters. The molecule has 1 saturated carbocycles. The van der Waals surface area contributed by atoms with E-state index in [-0.39, 0.29) is 41.7 Å². The number of fused-ring (bicyclic) bond motifs is 1. The van der Waals surface area contributed by atoms with Gasteiger partial charge >= 0.3 is 0 Å². The van der Waals surface area contributed by atoms with Crippen LogP contribution in [-0.4, -0.2) is 56.8 Å². The highest BCUT2D eigenvalue weighted by atomic mass is 16.2. The fourth-order valence-electron chi connectivity index (χ4n) is 5.11. The lowest BCUT2D eigenvalue weighted by atomic mass is 9.93. The van der Waals surface area contributed by atoms with Crippen molar-refractivity contribution in [1.82, 2.24) is 25.1 Å². The quantitative estimate of drug-likeness (QED) is 0.627. The smallest absolute Gasteiger partial charge is 0.273 e. The van der Waals surface area contributed by atoms with E-state index in [9.17, 15) is 14.4 Å². The van der Waals surface area contributed by atoms with Crippen molar-refractivity contribution in [3.05, 3.63) is 53.1 Å². The lowest BCUT2D eigenvalue weighted by Gasteiger charge is -2.44. The Balaban J connectivity index is 1.50. The van der Waals surface area contributed by atoms with E-state index in [4.69, 9.17) is 0 Å². The van der Waals surface area contributed by atoms with Crippen molar-refractivity contribution in [2.75, 3.05) is 13.1 Å². The second-order valence-corrected chi connectivity index (χ2v) is 9.75. The van der Waals surface area contributed by atoms with Crippen LogP contribution in [0.3, 0.4) is 0 Å². The van der Waals surface area contributed by atoms with Crippen molar-refractivity contribution >= 4 is 17.7 Å². The Morgan fingerprint density at radius 3 is 2.71 bits per heavy atom. The maximum Gasteiger partial charge on any atom is 0.273 e. The summed E-state index contributed by atoms with van der Waals surface area (Å²) < 4.78 is 1.66. The van der Waals surface area contributed by atoms with E-state index < -0.39 is 5.54 Å². The van der Waals surface area contributed by atoms with Crippen LogP contribution in [0.5, 0.6) is 0 Å². The molecule has 1 aliphatic carbocycles. The average Bonchev–Trinajstić information content (AvgIpc) is 3.46. The van der Waals surface area contributed by atoms with Gasteiger partial charge in [-0.15, -0.1) is 0 Å². The van der Waals surface area contributed by atoms with Crippen LogP contribution < -0.4 is 10.6 Å². The summed E-state index contributed by atoms with van der Waals surface area (Å²) in [6.45, 7) is 6.99. The molecule has 2 aliphatic rings. The van der Waals surface area contributed by atoms with Gasteiger partial charge in [-0.25, -0.2) is 4.98 Å². The van der Waals surface area contributed by atoms with E-state index in [1.54, 1.807) is 9.47 Å². The maximum absolute atomic E-state index is 13.6. The van der Waals surface area contributed by atoms with E-state index >= 15 is 0 Å². The molecule has 4 rings (SSSR count). The lowest BCUT2D eigenvalue weighted by molar-refractivity contribution is -0.133. The molecule has 2 N–H and O–H groups in total. The molecule has 3 amide bonds. The molecular formula is C26H35N5O3. The predicted octanol–water partition coefficient (Wildman–Crippen LogP) is 2.85. The van der Waals surface area contributed by atoms with E-state index in [2.05, 4.69) is 21.7 Å². The molecule has 0 unspecified atom stereocenters. The van der Waals surface area contributed by atoms with Crippen LogP contribution in [0.4, 0.5) is 0 Å². The number of imidazole rings is 1. The fourth-order valence-corrected chi connectivity index (χ4v) is 5.11. The number of carbonyl (C=O) groups excluding carboxylic acids is 3. The predicted molar refractivity (Wildman–Crippen MR) is 130 cm³/mol. The molecule has 8 heteroatoms. The molecule has 0 bridgehead atoms. The van der Waals surface area contributed by atoms with Gasteiger partial charge in [0.1, 0.15) is 11.2 Å². The monoisotopic (exact) mass is 465 g/mol. The normalized spacial score (nSPS) is 20.3. The third kappa shape index (κ3) is 4.72. The van der Waals surface area contributed by atoms with E-state index in [0.717, 1.165) is 31.2 Å². The summed E-state index contributed by atoms with van der Waals surface area (Å²) in [6.07, 6.45) is 7.11. The Hall–Kier alpha value is -3.16. The van der Waals surface area contributed by atoms with Crippen molar-refractivity contribution in [2.24, 2.45) is 0 Å². The highest BCUT2D eigenvalue weighted by Crippen LogP contribution is 2.30. The Bertz CT molecular complexity index is 1070. The van der Waals surface area contributed by atoms with E-state index in [0.29, 0.717) is 25.9 Å². The van der Waals surface area contributed by atoms with Gasteiger partial charge in [0.25, 0.3) is 11.8 Å². The highest BCUT2D eigenvalue weighted by molar-refractivity contribution is 6.07.